The first kappa shape index (κ1) is 11.9. The fourth-order valence-corrected chi connectivity index (χ4v) is 1.72. The number of hydrogen-bond donors (Lipinski definition) is 2. The molecule has 0 saturated heterocycles. The molecule has 0 fully saturated rings. The Balaban J connectivity index is 2.31. The lowest BCUT2D eigenvalue weighted by Gasteiger charge is -2.10. The Morgan fingerprint density at radius 1 is 1.00 bits per heavy atom. The minimum Gasteiger partial charge on any atom is -0.397 e. The molecule has 3 N–H and O–H groups in total. The summed E-state index contributed by atoms with van der Waals surface area (Å²) in [6.07, 6.45) is 0. The molecule has 2 aromatic carbocycles. The van der Waals surface area contributed by atoms with Crippen LogP contribution in [0.1, 0.15) is 0 Å². The van der Waals surface area contributed by atoms with Crippen molar-refractivity contribution in [3.8, 4) is 0 Å². The molecule has 2 rings (SSSR count). The molecular formula is C12H9BrF2N2. The molecule has 0 saturated carbocycles. The van der Waals surface area contributed by atoms with Gasteiger partial charge in [-0.25, -0.2) is 8.78 Å². The van der Waals surface area contributed by atoms with Gasteiger partial charge in [-0.05, 0) is 36.4 Å². The zero-order chi connectivity index (χ0) is 12.4. The van der Waals surface area contributed by atoms with Crippen LogP contribution in [0, 0.1) is 11.6 Å². The van der Waals surface area contributed by atoms with E-state index in [2.05, 4.69) is 21.2 Å². The fraction of sp³-hybridized carbons (Fsp3) is 0. The van der Waals surface area contributed by atoms with Gasteiger partial charge in [-0.2, -0.15) is 0 Å². The van der Waals surface area contributed by atoms with Gasteiger partial charge in [0.05, 0.1) is 17.1 Å². The summed E-state index contributed by atoms with van der Waals surface area (Å²) in [6.45, 7) is 0. The van der Waals surface area contributed by atoms with Crippen molar-refractivity contribution >= 4 is 33.0 Å². The number of nitrogens with one attached hydrogen (secondary N) is 1. The van der Waals surface area contributed by atoms with E-state index in [0.29, 0.717) is 10.2 Å². The molecule has 5 heteroatoms. The Labute approximate surface area is 106 Å². The molecule has 88 valence electrons. The molecule has 0 amide bonds. The van der Waals surface area contributed by atoms with Gasteiger partial charge in [0.15, 0.2) is 0 Å². The van der Waals surface area contributed by atoms with E-state index in [-0.39, 0.29) is 11.4 Å². The van der Waals surface area contributed by atoms with Crippen LogP contribution in [0.25, 0.3) is 0 Å². The summed E-state index contributed by atoms with van der Waals surface area (Å²) in [5.41, 5.74) is 6.59. The zero-order valence-electron chi connectivity index (χ0n) is 8.68. The molecule has 0 aliphatic rings. The number of halogens is 3. The predicted molar refractivity (Wildman–Crippen MR) is 68.2 cm³/mol. The first-order valence-corrected chi connectivity index (χ1v) is 5.62. The third-order valence-electron chi connectivity index (χ3n) is 2.21. The Morgan fingerprint density at radius 3 is 2.35 bits per heavy atom. The van der Waals surface area contributed by atoms with Crippen LogP contribution >= 0.6 is 15.9 Å². The van der Waals surface area contributed by atoms with Crippen LogP contribution < -0.4 is 11.1 Å². The molecular weight excluding hydrogens is 290 g/mol. The molecule has 2 aromatic rings. The Kier molecular flexibility index (Phi) is 3.28. The van der Waals surface area contributed by atoms with E-state index in [4.69, 9.17) is 5.73 Å². The molecule has 17 heavy (non-hydrogen) atoms. The van der Waals surface area contributed by atoms with E-state index in [1.165, 1.54) is 24.3 Å². The minimum absolute atomic E-state index is 0.229. The summed E-state index contributed by atoms with van der Waals surface area (Å²) in [7, 11) is 0. The van der Waals surface area contributed by atoms with Crippen LogP contribution in [0.4, 0.5) is 25.8 Å². The lowest BCUT2D eigenvalue weighted by atomic mass is 10.2. The lowest BCUT2D eigenvalue weighted by molar-refractivity contribution is 0.628. The van der Waals surface area contributed by atoms with Crippen LogP contribution in [-0.2, 0) is 0 Å². The summed E-state index contributed by atoms with van der Waals surface area (Å²) in [5, 5.41) is 2.81. The molecule has 0 radical (unpaired) electrons. The maximum absolute atomic E-state index is 13.5. The van der Waals surface area contributed by atoms with Gasteiger partial charge in [-0.3, -0.25) is 0 Å². The smallest absolute Gasteiger partial charge is 0.147 e. The molecule has 0 atom stereocenters. The SMILES string of the molecule is Nc1cc(F)ccc1Nc1ccc(Br)cc1F. The van der Waals surface area contributed by atoms with Crippen molar-refractivity contribution in [2.24, 2.45) is 0 Å². The lowest BCUT2D eigenvalue weighted by Crippen LogP contribution is -1.98. The first-order valence-electron chi connectivity index (χ1n) is 4.83. The van der Waals surface area contributed by atoms with Crippen molar-refractivity contribution in [1.29, 1.82) is 0 Å². The average Bonchev–Trinajstić information content (AvgIpc) is 2.25. The van der Waals surface area contributed by atoms with Gasteiger partial charge in [-0.1, -0.05) is 15.9 Å². The highest BCUT2D eigenvalue weighted by molar-refractivity contribution is 9.10. The van der Waals surface area contributed by atoms with Crippen LogP contribution in [0.15, 0.2) is 40.9 Å². The van der Waals surface area contributed by atoms with Gasteiger partial charge in [0, 0.05) is 4.47 Å². The number of nitrogen functional groups attached to an aromatic ring is 1. The van der Waals surface area contributed by atoms with Gasteiger partial charge in [0.2, 0.25) is 0 Å². The third-order valence-corrected chi connectivity index (χ3v) is 2.71. The largest absolute Gasteiger partial charge is 0.397 e. The molecule has 0 heterocycles. The number of nitrogens with two attached hydrogens (primary N) is 1. The van der Waals surface area contributed by atoms with E-state index in [9.17, 15) is 8.78 Å². The maximum Gasteiger partial charge on any atom is 0.147 e. The topological polar surface area (TPSA) is 38.0 Å². The fourth-order valence-electron chi connectivity index (χ4n) is 1.38. The number of benzene rings is 2. The molecule has 0 spiro atoms. The number of rotatable bonds is 2. The second-order valence-electron chi connectivity index (χ2n) is 3.48. The first-order chi connectivity index (χ1) is 8.06. The highest BCUT2D eigenvalue weighted by atomic mass is 79.9. The predicted octanol–water partition coefficient (Wildman–Crippen LogP) is 4.05. The average molecular weight is 299 g/mol. The molecule has 0 unspecified atom stereocenters. The summed E-state index contributed by atoms with van der Waals surface area (Å²) in [5.74, 6) is -0.840. The molecule has 0 aromatic heterocycles. The zero-order valence-corrected chi connectivity index (χ0v) is 10.3. The highest BCUT2D eigenvalue weighted by Crippen LogP contribution is 2.26. The number of anilines is 3. The van der Waals surface area contributed by atoms with Crippen molar-refractivity contribution < 1.29 is 8.78 Å². The number of hydrogen-bond acceptors (Lipinski definition) is 2. The molecule has 0 bridgehead atoms. The van der Waals surface area contributed by atoms with Gasteiger partial charge < -0.3 is 11.1 Å². The Hall–Kier alpha value is -1.62. The Bertz CT molecular complexity index is 509. The van der Waals surface area contributed by atoms with Crippen LogP contribution in [0.3, 0.4) is 0 Å². The van der Waals surface area contributed by atoms with E-state index < -0.39 is 11.6 Å². The monoisotopic (exact) mass is 298 g/mol. The second kappa shape index (κ2) is 4.71. The summed E-state index contributed by atoms with van der Waals surface area (Å²) < 4.78 is 27.0. The van der Waals surface area contributed by atoms with Crippen molar-refractivity contribution in [3.05, 3.63) is 52.5 Å². The summed E-state index contributed by atoms with van der Waals surface area (Å²) >= 11 is 3.16. The minimum atomic E-state index is -0.427. The quantitative estimate of drug-likeness (QED) is 0.821. The molecule has 2 nitrogen and oxygen atoms in total. The van der Waals surface area contributed by atoms with E-state index in [0.717, 1.165) is 0 Å². The van der Waals surface area contributed by atoms with E-state index in [1.807, 2.05) is 0 Å². The van der Waals surface area contributed by atoms with Gasteiger partial charge in [0.25, 0.3) is 0 Å². The summed E-state index contributed by atoms with van der Waals surface area (Å²) in [6, 6.07) is 8.51. The highest BCUT2D eigenvalue weighted by Gasteiger charge is 2.05. The third kappa shape index (κ3) is 2.74. The van der Waals surface area contributed by atoms with Gasteiger partial charge in [0.1, 0.15) is 11.6 Å². The maximum atomic E-state index is 13.5. The standard InChI is InChI=1S/C12H9BrF2N2/c13-7-1-3-11(9(15)5-7)17-12-4-2-8(14)6-10(12)16/h1-6,17H,16H2. The van der Waals surface area contributed by atoms with E-state index >= 15 is 0 Å². The second-order valence-corrected chi connectivity index (χ2v) is 4.40. The van der Waals surface area contributed by atoms with Gasteiger partial charge >= 0.3 is 0 Å². The van der Waals surface area contributed by atoms with E-state index in [1.54, 1.807) is 12.1 Å². The van der Waals surface area contributed by atoms with Crippen LogP contribution in [-0.4, -0.2) is 0 Å². The summed E-state index contributed by atoms with van der Waals surface area (Å²) in [4.78, 5) is 0. The van der Waals surface area contributed by atoms with Crippen molar-refractivity contribution in [3.63, 3.8) is 0 Å². The van der Waals surface area contributed by atoms with Crippen molar-refractivity contribution in [2.75, 3.05) is 11.1 Å². The van der Waals surface area contributed by atoms with Crippen molar-refractivity contribution in [1.82, 2.24) is 0 Å². The van der Waals surface area contributed by atoms with Crippen molar-refractivity contribution in [2.45, 2.75) is 0 Å². The van der Waals surface area contributed by atoms with Crippen LogP contribution in [0.2, 0.25) is 0 Å². The Morgan fingerprint density at radius 2 is 1.71 bits per heavy atom. The molecule has 0 aliphatic heterocycles. The van der Waals surface area contributed by atoms with Gasteiger partial charge in [-0.15, -0.1) is 0 Å². The molecule has 0 aliphatic carbocycles. The normalized spacial score (nSPS) is 10.3. The van der Waals surface area contributed by atoms with Crippen LogP contribution in [0.5, 0.6) is 0 Å².